The summed E-state index contributed by atoms with van der Waals surface area (Å²) >= 11 is 0. The summed E-state index contributed by atoms with van der Waals surface area (Å²) in [7, 11) is 4.02. The van der Waals surface area contributed by atoms with Crippen molar-refractivity contribution in [1.29, 1.82) is 0 Å². The Morgan fingerprint density at radius 3 is 2.75 bits per heavy atom. The molecule has 2 N–H and O–H groups in total. The first-order valence-corrected chi connectivity index (χ1v) is 7.75. The molecule has 1 aromatic heterocycles. The predicted octanol–water partition coefficient (Wildman–Crippen LogP) is 2.54. The Hall–Kier alpha value is -2.54. The first kappa shape index (κ1) is 17.8. The van der Waals surface area contributed by atoms with Crippen molar-refractivity contribution >= 4 is 17.5 Å². The van der Waals surface area contributed by atoms with Gasteiger partial charge in [0, 0.05) is 17.9 Å². The molecule has 0 bridgehead atoms. The lowest BCUT2D eigenvalue weighted by atomic mass is 10.2. The molecule has 0 saturated carbocycles. The summed E-state index contributed by atoms with van der Waals surface area (Å²) in [6, 6.07) is 7.33. The van der Waals surface area contributed by atoms with Crippen molar-refractivity contribution in [3.63, 3.8) is 0 Å². The third kappa shape index (κ3) is 5.58. The van der Waals surface area contributed by atoms with Gasteiger partial charge in [0.25, 0.3) is 5.91 Å². The second-order valence-electron chi connectivity index (χ2n) is 5.77. The van der Waals surface area contributed by atoms with Gasteiger partial charge in [-0.15, -0.1) is 0 Å². The molecule has 2 rings (SSSR count). The van der Waals surface area contributed by atoms with Crippen molar-refractivity contribution < 1.29 is 9.18 Å². The number of nitrogens with zero attached hydrogens (tertiary/aromatic N) is 3. The highest BCUT2D eigenvalue weighted by Gasteiger charge is 2.11. The Balaban J connectivity index is 2.02. The molecular weight excluding hydrogens is 309 g/mol. The average Bonchev–Trinajstić information content (AvgIpc) is 2.51. The van der Waals surface area contributed by atoms with E-state index in [9.17, 15) is 9.18 Å². The van der Waals surface area contributed by atoms with Gasteiger partial charge in [-0.3, -0.25) is 4.79 Å². The van der Waals surface area contributed by atoms with Crippen molar-refractivity contribution in [3.05, 3.63) is 47.5 Å². The maximum absolute atomic E-state index is 13.2. The van der Waals surface area contributed by atoms with Gasteiger partial charge >= 0.3 is 0 Å². The van der Waals surface area contributed by atoms with Crippen molar-refractivity contribution in [2.24, 2.45) is 0 Å². The smallest absolute Gasteiger partial charge is 0.274 e. The second kappa shape index (κ2) is 8.35. The number of hydrogen-bond donors (Lipinski definition) is 2. The fourth-order valence-electron chi connectivity index (χ4n) is 2.12. The van der Waals surface area contributed by atoms with E-state index < -0.39 is 11.7 Å². The van der Waals surface area contributed by atoms with Gasteiger partial charge in [-0.1, -0.05) is 6.07 Å². The number of carbonyl (C=O) groups excluding carboxylic acids is 1. The molecule has 0 unspecified atom stereocenters. The zero-order valence-electron chi connectivity index (χ0n) is 14.1. The molecule has 0 aliphatic rings. The van der Waals surface area contributed by atoms with Crippen LogP contribution in [0.1, 0.15) is 22.6 Å². The van der Waals surface area contributed by atoms with Crippen molar-refractivity contribution in [2.75, 3.05) is 37.8 Å². The first-order valence-electron chi connectivity index (χ1n) is 7.75. The van der Waals surface area contributed by atoms with Crippen LogP contribution in [0, 0.1) is 12.7 Å². The summed E-state index contributed by atoms with van der Waals surface area (Å²) in [5.74, 6) is -0.393. The fourth-order valence-corrected chi connectivity index (χ4v) is 2.12. The normalized spacial score (nSPS) is 10.7. The van der Waals surface area contributed by atoms with Gasteiger partial charge in [-0.2, -0.15) is 0 Å². The zero-order chi connectivity index (χ0) is 17.5. The molecule has 0 aliphatic carbocycles. The maximum Gasteiger partial charge on any atom is 0.274 e. The van der Waals surface area contributed by atoms with Gasteiger partial charge in [-0.05, 0) is 58.3 Å². The molecule has 24 heavy (non-hydrogen) atoms. The van der Waals surface area contributed by atoms with Gasteiger partial charge in [0.15, 0.2) is 0 Å². The van der Waals surface area contributed by atoms with Crippen molar-refractivity contribution in [1.82, 2.24) is 14.9 Å². The van der Waals surface area contributed by atoms with Crippen LogP contribution in [-0.2, 0) is 0 Å². The summed E-state index contributed by atoms with van der Waals surface area (Å²) < 4.78 is 13.2. The molecular formula is C17H22FN5O. The van der Waals surface area contributed by atoms with E-state index in [2.05, 4.69) is 25.5 Å². The minimum absolute atomic E-state index is 0.238. The highest BCUT2D eigenvalue weighted by atomic mass is 19.1. The molecule has 0 radical (unpaired) electrons. The van der Waals surface area contributed by atoms with Crippen molar-refractivity contribution in [2.45, 2.75) is 13.3 Å². The van der Waals surface area contributed by atoms with Gasteiger partial charge in [0.2, 0.25) is 5.95 Å². The quantitative estimate of drug-likeness (QED) is 0.763. The standard InChI is InChI=1S/C17H22FN5O/c1-12-10-15(16(24)21-14-7-4-6-13(18)11-14)22-17(20-12)19-8-5-9-23(2)3/h4,6-7,10-11H,5,8-9H2,1-3H3,(H,21,24)(H,19,20,22). The van der Waals surface area contributed by atoms with Gasteiger partial charge in [-0.25, -0.2) is 14.4 Å². The molecule has 0 fully saturated rings. The van der Waals surface area contributed by atoms with E-state index >= 15 is 0 Å². The Kier molecular flexibility index (Phi) is 6.20. The van der Waals surface area contributed by atoms with Crippen LogP contribution < -0.4 is 10.6 Å². The lowest BCUT2D eigenvalue weighted by Crippen LogP contribution is -2.19. The molecule has 0 atom stereocenters. The monoisotopic (exact) mass is 331 g/mol. The largest absolute Gasteiger partial charge is 0.354 e. The first-order chi connectivity index (χ1) is 11.4. The number of nitrogens with one attached hydrogen (secondary N) is 2. The fraction of sp³-hybridized carbons (Fsp3) is 0.353. The number of anilines is 2. The van der Waals surface area contributed by atoms with E-state index in [1.165, 1.54) is 18.2 Å². The van der Waals surface area contributed by atoms with Crippen LogP contribution in [0.3, 0.4) is 0 Å². The predicted molar refractivity (Wildman–Crippen MR) is 92.8 cm³/mol. The molecule has 1 heterocycles. The molecule has 128 valence electrons. The SMILES string of the molecule is Cc1cc(C(=O)Nc2cccc(F)c2)nc(NCCCN(C)C)n1. The van der Waals surface area contributed by atoms with Gasteiger partial charge in [0.05, 0.1) is 0 Å². The topological polar surface area (TPSA) is 70.2 Å². The molecule has 0 saturated heterocycles. The molecule has 0 spiro atoms. The Morgan fingerprint density at radius 2 is 2.04 bits per heavy atom. The lowest BCUT2D eigenvalue weighted by Gasteiger charge is -2.11. The number of hydrogen-bond acceptors (Lipinski definition) is 5. The molecule has 0 aliphatic heterocycles. The number of halogens is 1. The van der Waals surface area contributed by atoms with E-state index in [-0.39, 0.29) is 5.69 Å². The third-order valence-electron chi connectivity index (χ3n) is 3.23. The second-order valence-corrected chi connectivity index (χ2v) is 5.77. The van der Waals surface area contributed by atoms with Crippen LogP contribution in [0.2, 0.25) is 0 Å². The highest BCUT2D eigenvalue weighted by Crippen LogP contribution is 2.12. The lowest BCUT2D eigenvalue weighted by molar-refractivity contribution is 0.102. The van der Waals surface area contributed by atoms with Crippen LogP contribution in [-0.4, -0.2) is 48.0 Å². The number of carbonyl (C=O) groups is 1. The van der Waals surface area contributed by atoms with E-state index in [0.29, 0.717) is 23.9 Å². The maximum atomic E-state index is 13.2. The van der Waals surface area contributed by atoms with Crippen molar-refractivity contribution in [3.8, 4) is 0 Å². The van der Waals surface area contributed by atoms with Crippen LogP contribution in [0.25, 0.3) is 0 Å². The minimum atomic E-state index is -0.407. The van der Waals surface area contributed by atoms with E-state index in [4.69, 9.17) is 0 Å². The summed E-state index contributed by atoms with van der Waals surface area (Å²) in [5.41, 5.74) is 1.31. The highest BCUT2D eigenvalue weighted by molar-refractivity contribution is 6.03. The van der Waals surface area contributed by atoms with E-state index in [1.54, 1.807) is 19.1 Å². The molecule has 2 aromatic rings. The van der Waals surface area contributed by atoms with E-state index in [1.807, 2.05) is 14.1 Å². The number of benzene rings is 1. The minimum Gasteiger partial charge on any atom is -0.354 e. The zero-order valence-corrected chi connectivity index (χ0v) is 14.1. The number of aryl methyl sites for hydroxylation is 1. The summed E-state index contributed by atoms with van der Waals surface area (Å²) in [6.07, 6.45) is 0.940. The third-order valence-corrected chi connectivity index (χ3v) is 3.23. The summed E-state index contributed by atoms with van der Waals surface area (Å²) in [5, 5.41) is 5.75. The van der Waals surface area contributed by atoms with Crippen LogP contribution in [0.15, 0.2) is 30.3 Å². The molecule has 7 heteroatoms. The number of amides is 1. The number of aromatic nitrogens is 2. The molecule has 6 nitrogen and oxygen atoms in total. The van der Waals surface area contributed by atoms with Crippen LogP contribution >= 0.6 is 0 Å². The summed E-state index contributed by atoms with van der Waals surface area (Å²) in [6.45, 7) is 3.46. The Labute approximate surface area is 141 Å². The van der Waals surface area contributed by atoms with Crippen LogP contribution in [0.5, 0.6) is 0 Å². The van der Waals surface area contributed by atoms with Gasteiger partial charge in [0.1, 0.15) is 11.5 Å². The summed E-state index contributed by atoms with van der Waals surface area (Å²) in [4.78, 5) is 22.9. The Bertz CT molecular complexity index is 705. The Morgan fingerprint density at radius 1 is 1.25 bits per heavy atom. The average molecular weight is 331 g/mol. The molecule has 1 aromatic carbocycles. The molecule has 1 amide bonds. The van der Waals surface area contributed by atoms with Gasteiger partial charge < -0.3 is 15.5 Å². The number of rotatable bonds is 7. The van der Waals surface area contributed by atoms with E-state index in [0.717, 1.165) is 13.0 Å². The van der Waals surface area contributed by atoms with Crippen LogP contribution in [0.4, 0.5) is 16.0 Å².